The molecule has 8 nitrogen and oxygen atoms in total. The number of ether oxygens (including phenoxy) is 2. The maximum absolute atomic E-state index is 14.0. The second-order valence-corrected chi connectivity index (χ2v) is 7.20. The molecule has 0 aromatic heterocycles. The quantitative estimate of drug-likeness (QED) is 0.366. The molecule has 0 spiro atoms. The van der Waals surface area contributed by atoms with Gasteiger partial charge in [0.25, 0.3) is 0 Å². The number of para-hydroxylation sites is 1. The van der Waals surface area contributed by atoms with Crippen molar-refractivity contribution in [1.29, 1.82) is 0 Å². The zero-order valence-electron chi connectivity index (χ0n) is 17.2. The number of alkyl halides is 6. The van der Waals surface area contributed by atoms with E-state index < -0.39 is 78.0 Å². The van der Waals surface area contributed by atoms with Crippen LogP contribution in [-0.2, 0) is 19.1 Å². The first-order valence-corrected chi connectivity index (χ1v) is 9.55. The highest BCUT2D eigenvalue weighted by atomic mass is 19.4. The average molecular weight is 489 g/mol. The van der Waals surface area contributed by atoms with Crippen LogP contribution in [0.4, 0.5) is 26.3 Å². The molecule has 14 heteroatoms. The molecule has 2 rings (SSSR count). The second-order valence-electron chi connectivity index (χ2n) is 7.20. The van der Waals surface area contributed by atoms with Crippen molar-refractivity contribution in [2.45, 2.75) is 43.6 Å². The molecule has 0 aliphatic carbocycles. The molecular formula is C19H21F6NO7. The van der Waals surface area contributed by atoms with Gasteiger partial charge in [0.15, 0.2) is 0 Å². The lowest BCUT2D eigenvalue weighted by molar-refractivity contribution is -0.376. The van der Waals surface area contributed by atoms with Crippen LogP contribution in [0.3, 0.4) is 0 Å². The number of rotatable bonds is 5. The van der Waals surface area contributed by atoms with Gasteiger partial charge in [0.05, 0.1) is 13.2 Å². The highest BCUT2D eigenvalue weighted by molar-refractivity contribution is 5.82. The van der Waals surface area contributed by atoms with Crippen molar-refractivity contribution in [3.8, 4) is 5.75 Å². The normalized spacial score (nSPS) is 30.5. The number of aromatic hydroxyl groups is 1. The van der Waals surface area contributed by atoms with Gasteiger partial charge in [0.1, 0.15) is 17.6 Å². The molecule has 1 aliphatic heterocycles. The van der Waals surface area contributed by atoms with Crippen molar-refractivity contribution in [2.24, 2.45) is 11.8 Å². The number of hydrogen-bond acceptors (Lipinski definition) is 8. The van der Waals surface area contributed by atoms with Gasteiger partial charge in [0, 0.05) is 5.92 Å². The van der Waals surface area contributed by atoms with Crippen LogP contribution in [0.5, 0.6) is 5.75 Å². The van der Waals surface area contributed by atoms with Gasteiger partial charge in [-0.15, -0.1) is 0 Å². The fourth-order valence-corrected chi connectivity index (χ4v) is 3.88. The lowest BCUT2D eigenvalue weighted by Crippen LogP contribution is -2.81. The number of benzene rings is 1. The number of esters is 2. The van der Waals surface area contributed by atoms with E-state index in [1.165, 1.54) is 19.9 Å². The minimum absolute atomic E-state index is 0.537. The largest absolute Gasteiger partial charge is 0.508 e. The van der Waals surface area contributed by atoms with E-state index in [0.29, 0.717) is 5.32 Å². The second kappa shape index (κ2) is 8.99. The zero-order valence-corrected chi connectivity index (χ0v) is 17.2. The molecule has 1 aliphatic rings. The summed E-state index contributed by atoms with van der Waals surface area (Å²) in [5.41, 5.74) is -10.2. The third kappa shape index (κ3) is 4.46. The molecular weight excluding hydrogens is 468 g/mol. The molecule has 1 saturated heterocycles. The van der Waals surface area contributed by atoms with Crippen molar-refractivity contribution >= 4 is 11.9 Å². The van der Waals surface area contributed by atoms with E-state index in [1.54, 1.807) is 0 Å². The van der Waals surface area contributed by atoms with E-state index in [4.69, 9.17) is 0 Å². The Morgan fingerprint density at radius 1 is 0.909 bits per heavy atom. The number of phenolic OH excluding ortho intramolecular Hbond substituents is 1. The molecule has 1 heterocycles. The summed E-state index contributed by atoms with van der Waals surface area (Å²) in [6.45, 7) is 1.30. The number of phenols is 1. The summed E-state index contributed by atoms with van der Waals surface area (Å²) in [6, 6.07) is 3.99. The van der Waals surface area contributed by atoms with Crippen LogP contribution in [0.1, 0.15) is 25.3 Å². The summed E-state index contributed by atoms with van der Waals surface area (Å²) in [6.07, 6.45) is -12.0. The van der Waals surface area contributed by atoms with Crippen LogP contribution in [0.2, 0.25) is 0 Å². The van der Waals surface area contributed by atoms with E-state index in [0.717, 1.165) is 18.2 Å². The van der Waals surface area contributed by atoms with Gasteiger partial charge in [-0.3, -0.25) is 9.59 Å². The highest BCUT2D eigenvalue weighted by Crippen LogP contribution is 2.56. The third-order valence-electron chi connectivity index (χ3n) is 5.24. The third-order valence-corrected chi connectivity index (χ3v) is 5.24. The Morgan fingerprint density at radius 2 is 1.30 bits per heavy atom. The lowest BCUT2D eigenvalue weighted by Gasteiger charge is -2.54. The fraction of sp³-hybridized carbons (Fsp3) is 0.579. The molecule has 1 fully saturated rings. The molecule has 5 atom stereocenters. The summed E-state index contributed by atoms with van der Waals surface area (Å²) in [5.74, 6) is -13.1. The molecule has 1 aromatic carbocycles. The summed E-state index contributed by atoms with van der Waals surface area (Å²) in [7, 11) is 0. The van der Waals surface area contributed by atoms with Crippen molar-refractivity contribution in [3.63, 3.8) is 0 Å². The number of nitrogens with one attached hydrogen (secondary N) is 1. The van der Waals surface area contributed by atoms with Crippen LogP contribution < -0.4 is 5.32 Å². The van der Waals surface area contributed by atoms with E-state index in [1.807, 2.05) is 0 Å². The Bertz CT molecular complexity index is 844. The lowest BCUT2D eigenvalue weighted by atomic mass is 9.64. The van der Waals surface area contributed by atoms with Gasteiger partial charge in [-0.1, -0.05) is 18.2 Å². The standard InChI is InChI=1S/C19H21F6NO7/c1-3-32-14(28)12-11(9-7-5-6-8-10(9)27)13(15(29)33-4-2)17(31,19(23,24)25)26-16(12,30)18(20,21)22/h5-8,11-13,26-27,30-31H,3-4H2,1-2H3/t11?,12-,13-,16-,17+/m1/s1. The Kier molecular flexibility index (Phi) is 7.26. The minimum Gasteiger partial charge on any atom is -0.508 e. The molecule has 0 bridgehead atoms. The summed E-state index contributed by atoms with van der Waals surface area (Å²) in [5, 5.41) is 31.8. The van der Waals surface area contributed by atoms with Gasteiger partial charge in [-0.2, -0.15) is 26.3 Å². The van der Waals surface area contributed by atoms with Gasteiger partial charge in [-0.05, 0) is 25.5 Å². The van der Waals surface area contributed by atoms with E-state index in [2.05, 4.69) is 9.47 Å². The van der Waals surface area contributed by atoms with Crippen molar-refractivity contribution < 1.29 is 60.7 Å². The number of carbonyl (C=O) groups is 2. The molecule has 0 saturated carbocycles. The molecule has 4 N–H and O–H groups in total. The molecule has 1 aromatic rings. The van der Waals surface area contributed by atoms with Crippen molar-refractivity contribution in [3.05, 3.63) is 29.8 Å². The van der Waals surface area contributed by atoms with Gasteiger partial charge in [0.2, 0.25) is 11.4 Å². The van der Waals surface area contributed by atoms with Crippen LogP contribution in [0.25, 0.3) is 0 Å². The van der Waals surface area contributed by atoms with E-state index in [-0.39, 0.29) is 0 Å². The van der Waals surface area contributed by atoms with Crippen LogP contribution >= 0.6 is 0 Å². The first kappa shape index (κ1) is 26.7. The van der Waals surface area contributed by atoms with Gasteiger partial charge >= 0.3 is 24.3 Å². The molecule has 33 heavy (non-hydrogen) atoms. The first-order chi connectivity index (χ1) is 15.1. The molecule has 186 valence electrons. The summed E-state index contributed by atoms with van der Waals surface area (Å²) < 4.78 is 93.1. The van der Waals surface area contributed by atoms with Crippen LogP contribution in [0, 0.1) is 11.8 Å². The Balaban J connectivity index is 3.00. The van der Waals surface area contributed by atoms with E-state index >= 15 is 0 Å². The SMILES string of the molecule is CCOC(=O)[C@H]1C(c2ccccc2O)[C@H](C(=O)OCC)[C@](O)(C(F)(F)F)N[C@]1(O)C(F)(F)F. The number of halogens is 6. The van der Waals surface area contributed by atoms with Crippen molar-refractivity contribution in [2.75, 3.05) is 13.2 Å². The summed E-state index contributed by atoms with van der Waals surface area (Å²) in [4.78, 5) is 25.2. The van der Waals surface area contributed by atoms with Gasteiger partial charge < -0.3 is 24.8 Å². The molecule has 1 unspecified atom stereocenters. The topological polar surface area (TPSA) is 125 Å². The van der Waals surface area contributed by atoms with Crippen LogP contribution in [0.15, 0.2) is 24.3 Å². The molecule has 0 radical (unpaired) electrons. The average Bonchev–Trinajstić information content (AvgIpc) is 2.66. The Labute approximate surface area is 183 Å². The predicted octanol–water partition coefficient (Wildman–Crippen LogP) is 1.94. The van der Waals surface area contributed by atoms with Gasteiger partial charge in [-0.25, -0.2) is 5.32 Å². The fourth-order valence-electron chi connectivity index (χ4n) is 3.88. The predicted molar refractivity (Wildman–Crippen MR) is 96.2 cm³/mol. The van der Waals surface area contributed by atoms with Crippen molar-refractivity contribution in [1.82, 2.24) is 5.32 Å². The molecule has 0 amide bonds. The number of piperidine rings is 1. The number of carbonyl (C=O) groups excluding carboxylic acids is 2. The number of hydrogen-bond donors (Lipinski definition) is 4. The maximum atomic E-state index is 14.0. The highest BCUT2D eigenvalue weighted by Gasteiger charge is 2.78. The zero-order chi connectivity index (χ0) is 25.4. The van der Waals surface area contributed by atoms with Crippen LogP contribution in [-0.4, -0.2) is 64.3 Å². The maximum Gasteiger partial charge on any atom is 0.432 e. The summed E-state index contributed by atoms with van der Waals surface area (Å²) >= 11 is 0. The van der Waals surface area contributed by atoms with E-state index in [9.17, 15) is 51.3 Å². The smallest absolute Gasteiger partial charge is 0.432 e. The minimum atomic E-state index is -5.99. The Morgan fingerprint density at radius 3 is 1.64 bits per heavy atom. The number of aliphatic hydroxyl groups is 2. The first-order valence-electron chi connectivity index (χ1n) is 9.55. The monoisotopic (exact) mass is 489 g/mol. The Hall–Kier alpha value is -2.58.